The van der Waals surface area contributed by atoms with Crippen molar-refractivity contribution in [3.05, 3.63) is 0 Å². The van der Waals surface area contributed by atoms with Gasteiger partial charge in [0.15, 0.2) is 0 Å². The number of Topliss-reactive ketones (excluding diaryl/α,β-unsaturated/α-hetero) is 1. The van der Waals surface area contributed by atoms with Gasteiger partial charge in [-0.2, -0.15) is 0 Å². The van der Waals surface area contributed by atoms with Gasteiger partial charge in [0.05, 0.1) is 6.54 Å². The second kappa shape index (κ2) is 8.59. The van der Waals surface area contributed by atoms with Crippen molar-refractivity contribution in [3.8, 4) is 0 Å². The number of likely N-dealkylation sites (tertiary alicyclic amines) is 1. The van der Waals surface area contributed by atoms with Crippen LogP contribution in [0.1, 0.15) is 53.9 Å². The van der Waals surface area contributed by atoms with E-state index in [0.29, 0.717) is 36.9 Å². The maximum atomic E-state index is 11.6. The van der Waals surface area contributed by atoms with Gasteiger partial charge < -0.3 is 0 Å². The van der Waals surface area contributed by atoms with Crippen molar-refractivity contribution in [1.29, 1.82) is 0 Å². The Kier molecular flexibility index (Phi) is 7.05. The Balaban J connectivity index is 1.75. The van der Waals surface area contributed by atoms with Gasteiger partial charge in [0.25, 0.3) is 0 Å². The summed E-state index contributed by atoms with van der Waals surface area (Å²) in [5.41, 5.74) is 0. The molecule has 2 rings (SSSR count). The molecule has 4 heteroatoms. The molecule has 0 aromatic heterocycles. The van der Waals surface area contributed by atoms with Gasteiger partial charge in [-0.3, -0.25) is 19.5 Å². The minimum absolute atomic E-state index is 0.385. The summed E-state index contributed by atoms with van der Waals surface area (Å²) in [6, 6.07) is 1.95. The second-order valence-corrected chi connectivity index (χ2v) is 8.07. The van der Waals surface area contributed by atoms with E-state index in [9.17, 15) is 4.79 Å². The van der Waals surface area contributed by atoms with Gasteiger partial charge in [-0.25, -0.2) is 0 Å². The molecule has 0 saturated carbocycles. The topological polar surface area (TPSA) is 26.8 Å². The maximum Gasteiger partial charge on any atom is 0.146 e. The van der Waals surface area contributed by atoms with Gasteiger partial charge in [0.1, 0.15) is 5.78 Å². The number of carbonyl (C=O) groups is 1. The predicted molar refractivity (Wildman–Crippen MR) is 96.8 cm³/mol. The Morgan fingerprint density at radius 1 is 1.04 bits per heavy atom. The van der Waals surface area contributed by atoms with Crippen molar-refractivity contribution in [2.45, 2.75) is 72.0 Å². The summed E-state index contributed by atoms with van der Waals surface area (Å²) in [5, 5.41) is 0. The van der Waals surface area contributed by atoms with Crippen molar-refractivity contribution in [3.63, 3.8) is 0 Å². The van der Waals surface area contributed by atoms with E-state index >= 15 is 0 Å². The first-order valence-electron chi connectivity index (χ1n) is 9.64. The largest absolute Gasteiger partial charge is 0.300 e. The average molecular weight is 324 g/mol. The molecule has 2 atom stereocenters. The quantitative estimate of drug-likeness (QED) is 0.750. The summed E-state index contributed by atoms with van der Waals surface area (Å²) in [7, 11) is 0. The molecule has 0 radical (unpaired) electrons. The number of hydrogen-bond donors (Lipinski definition) is 0. The molecule has 2 aliphatic heterocycles. The first-order valence-corrected chi connectivity index (χ1v) is 9.64. The molecule has 2 heterocycles. The second-order valence-electron chi connectivity index (χ2n) is 8.07. The number of carbonyl (C=O) groups excluding carboxylic acids is 1. The van der Waals surface area contributed by atoms with Gasteiger partial charge in [-0.15, -0.1) is 0 Å². The van der Waals surface area contributed by atoms with Crippen molar-refractivity contribution >= 4 is 5.78 Å². The molecule has 0 unspecified atom stereocenters. The SMILES string of the molecule is CCC(=O)CN1CCC(CN2C[C@@H](C)N(C(C)C)[C@@H](C)C2)CC1. The number of piperidine rings is 1. The lowest BCUT2D eigenvalue weighted by Gasteiger charge is -2.47. The Labute approximate surface area is 143 Å². The van der Waals surface area contributed by atoms with Crippen LogP contribution in [0.4, 0.5) is 0 Å². The van der Waals surface area contributed by atoms with Crippen LogP contribution in [0.2, 0.25) is 0 Å². The van der Waals surface area contributed by atoms with E-state index in [-0.39, 0.29) is 0 Å². The zero-order chi connectivity index (χ0) is 17.0. The van der Waals surface area contributed by atoms with Crippen molar-refractivity contribution in [2.75, 3.05) is 39.3 Å². The monoisotopic (exact) mass is 323 g/mol. The molecular weight excluding hydrogens is 286 g/mol. The summed E-state index contributed by atoms with van der Waals surface area (Å²) in [5.74, 6) is 1.20. The van der Waals surface area contributed by atoms with E-state index < -0.39 is 0 Å². The van der Waals surface area contributed by atoms with E-state index in [4.69, 9.17) is 0 Å². The fourth-order valence-electron chi connectivity index (χ4n) is 4.67. The highest BCUT2D eigenvalue weighted by molar-refractivity contribution is 5.80. The van der Waals surface area contributed by atoms with Crippen molar-refractivity contribution in [2.24, 2.45) is 5.92 Å². The summed E-state index contributed by atoms with van der Waals surface area (Å²) in [4.78, 5) is 19.3. The van der Waals surface area contributed by atoms with E-state index in [0.717, 1.165) is 19.0 Å². The molecule has 23 heavy (non-hydrogen) atoms. The van der Waals surface area contributed by atoms with E-state index in [1.165, 1.54) is 32.5 Å². The van der Waals surface area contributed by atoms with Crippen LogP contribution < -0.4 is 0 Å². The van der Waals surface area contributed by atoms with Crippen LogP contribution in [0.5, 0.6) is 0 Å². The Morgan fingerprint density at radius 2 is 1.61 bits per heavy atom. The first-order chi connectivity index (χ1) is 10.9. The molecule has 0 aromatic rings. The van der Waals surface area contributed by atoms with E-state index in [2.05, 4.69) is 42.4 Å². The van der Waals surface area contributed by atoms with Gasteiger partial charge in [0, 0.05) is 44.2 Å². The fourth-order valence-corrected chi connectivity index (χ4v) is 4.67. The zero-order valence-corrected chi connectivity index (χ0v) is 15.9. The highest BCUT2D eigenvalue weighted by atomic mass is 16.1. The van der Waals surface area contributed by atoms with E-state index in [1.54, 1.807) is 0 Å². The third-order valence-corrected chi connectivity index (χ3v) is 5.68. The average Bonchev–Trinajstić information content (AvgIpc) is 2.48. The number of nitrogens with zero attached hydrogens (tertiary/aromatic N) is 3. The van der Waals surface area contributed by atoms with Gasteiger partial charge in [0.2, 0.25) is 0 Å². The minimum Gasteiger partial charge on any atom is -0.300 e. The summed E-state index contributed by atoms with van der Waals surface area (Å²) >= 11 is 0. The highest BCUT2D eigenvalue weighted by Crippen LogP contribution is 2.23. The highest BCUT2D eigenvalue weighted by Gasteiger charge is 2.32. The molecule has 0 aliphatic carbocycles. The third kappa shape index (κ3) is 5.27. The molecule has 0 amide bonds. The van der Waals surface area contributed by atoms with Gasteiger partial charge >= 0.3 is 0 Å². The molecule has 2 aliphatic rings. The van der Waals surface area contributed by atoms with Gasteiger partial charge in [-0.1, -0.05) is 6.92 Å². The lowest BCUT2D eigenvalue weighted by molar-refractivity contribution is -0.120. The van der Waals surface area contributed by atoms with Crippen LogP contribution in [-0.4, -0.2) is 77.9 Å². The number of ketones is 1. The summed E-state index contributed by atoms with van der Waals surface area (Å²) in [6.07, 6.45) is 3.18. The minimum atomic E-state index is 0.385. The van der Waals surface area contributed by atoms with Crippen LogP contribution in [0.3, 0.4) is 0 Å². The van der Waals surface area contributed by atoms with Crippen molar-refractivity contribution < 1.29 is 4.79 Å². The maximum absolute atomic E-state index is 11.6. The predicted octanol–water partition coefficient (Wildman–Crippen LogP) is 2.48. The molecule has 2 fully saturated rings. The van der Waals surface area contributed by atoms with Crippen LogP contribution in [-0.2, 0) is 4.79 Å². The van der Waals surface area contributed by atoms with E-state index in [1.807, 2.05) is 6.92 Å². The smallest absolute Gasteiger partial charge is 0.146 e. The first kappa shape index (κ1) is 18.9. The Bertz CT molecular complexity index is 365. The number of rotatable bonds is 6. The Hall–Kier alpha value is -0.450. The molecule has 4 nitrogen and oxygen atoms in total. The molecule has 0 aromatic carbocycles. The Morgan fingerprint density at radius 3 is 2.09 bits per heavy atom. The molecule has 0 bridgehead atoms. The van der Waals surface area contributed by atoms with Crippen LogP contribution in [0.15, 0.2) is 0 Å². The van der Waals surface area contributed by atoms with Crippen molar-refractivity contribution in [1.82, 2.24) is 14.7 Å². The molecule has 0 spiro atoms. The molecule has 2 saturated heterocycles. The summed E-state index contributed by atoms with van der Waals surface area (Å²) in [6.45, 7) is 17.9. The van der Waals surface area contributed by atoms with Crippen LogP contribution >= 0.6 is 0 Å². The van der Waals surface area contributed by atoms with Crippen LogP contribution in [0.25, 0.3) is 0 Å². The number of piperazine rings is 1. The lowest BCUT2D eigenvalue weighted by Crippen LogP contribution is -2.59. The zero-order valence-electron chi connectivity index (χ0n) is 15.9. The third-order valence-electron chi connectivity index (χ3n) is 5.68. The molecular formula is C19H37N3O. The standard InChI is InChI=1S/C19H37N3O/c1-6-19(23)14-20-9-7-18(8-10-20)13-21-11-16(4)22(15(2)3)17(5)12-21/h15-18H,6-14H2,1-5H3/t16-,17+. The van der Waals surface area contributed by atoms with Crippen LogP contribution in [0, 0.1) is 5.92 Å². The number of hydrogen-bond acceptors (Lipinski definition) is 4. The molecule has 0 N–H and O–H groups in total. The summed E-state index contributed by atoms with van der Waals surface area (Å²) < 4.78 is 0. The normalized spacial score (nSPS) is 29.3. The lowest BCUT2D eigenvalue weighted by atomic mass is 9.94. The fraction of sp³-hybridized carbons (Fsp3) is 0.947. The molecule has 134 valence electrons. The van der Waals surface area contributed by atoms with Gasteiger partial charge in [-0.05, 0) is 59.5 Å².